The van der Waals surface area contributed by atoms with Gasteiger partial charge in [-0.05, 0) is 49.4 Å². The average molecular weight is 450 g/mol. The van der Waals surface area contributed by atoms with E-state index in [1.54, 1.807) is 43.3 Å². The van der Waals surface area contributed by atoms with Gasteiger partial charge in [-0.3, -0.25) is 4.31 Å². The van der Waals surface area contributed by atoms with Crippen molar-refractivity contribution in [2.45, 2.75) is 17.9 Å². The Morgan fingerprint density at radius 1 is 0.933 bits per heavy atom. The lowest BCUT2D eigenvalue weighted by Gasteiger charge is -2.31. The number of rotatable bonds is 7. The van der Waals surface area contributed by atoms with E-state index in [4.69, 9.17) is 21.1 Å². The molecule has 0 fully saturated rings. The Morgan fingerprint density at radius 3 is 2.17 bits per heavy atom. The summed E-state index contributed by atoms with van der Waals surface area (Å²) in [5.41, 5.74) is 0.545. The van der Waals surface area contributed by atoms with Gasteiger partial charge in [0.25, 0.3) is 10.0 Å². The molecule has 0 bridgehead atoms. The third-order valence-electron chi connectivity index (χ3n) is 4.70. The maximum atomic E-state index is 14.5. The largest absolute Gasteiger partial charge is 0.493 e. The summed E-state index contributed by atoms with van der Waals surface area (Å²) in [6.45, 7) is 1.63. The minimum atomic E-state index is -4.07. The molecule has 30 heavy (non-hydrogen) atoms. The van der Waals surface area contributed by atoms with Gasteiger partial charge in [0.15, 0.2) is 11.5 Å². The molecule has 0 aromatic heterocycles. The van der Waals surface area contributed by atoms with Crippen molar-refractivity contribution in [2.24, 2.45) is 0 Å². The number of methoxy groups -OCH3 is 2. The molecule has 0 aliphatic rings. The first-order valence-corrected chi connectivity index (χ1v) is 10.9. The highest BCUT2D eigenvalue weighted by molar-refractivity contribution is 7.92. The van der Waals surface area contributed by atoms with Crippen molar-refractivity contribution in [2.75, 3.05) is 18.5 Å². The van der Waals surface area contributed by atoms with Gasteiger partial charge in [0, 0.05) is 16.7 Å². The van der Waals surface area contributed by atoms with E-state index >= 15 is 0 Å². The number of hydrogen-bond donors (Lipinski definition) is 0. The van der Waals surface area contributed by atoms with E-state index in [1.165, 1.54) is 44.6 Å². The van der Waals surface area contributed by atoms with Crippen LogP contribution in [-0.2, 0) is 10.0 Å². The molecule has 1 atom stereocenters. The maximum absolute atomic E-state index is 14.5. The minimum Gasteiger partial charge on any atom is -0.493 e. The Hall–Kier alpha value is -2.77. The van der Waals surface area contributed by atoms with Crippen LogP contribution in [0, 0.1) is 5.82 Å². The third kappa shape index (κ3) is 4.22. The van der Waals surface area contributed by atoms with Gasteiger partial charge < -0.3 is 9.47 Å². The van der Waals surface area contributed by atoms with Crippen molar-refractivity contribution in [1.29, 1.82) is 0 Å². The van der Waals surface area contributed by atoms with Gasteiger partial charge in [-0.15, -0.1) is 0 Å². The molecule has 1 unspecified atom stereocenters. The van der Waals surface area contributed by atoms with Gasteiger partial charge in [-0.25, -0.2) is 12.8 Å². The predicted octanol–water partition coefficient (Wildman–Crippen LogP) is 5.45. The molecule has 0 saturated carbocycles. The minimum absolute atomic E-state index is 0.0323. The smallest absolute Gasteiger partial charge is 0.264 e. The van der Waals surface area contributed by atoms with Crippen LogP contribution in [0.1, 0.15) is 18.5 Å². The highest BCUT2D eigenvalue weighted by Crippen LogP contribution is 2.38. The number of anilines is 1. The second kappa shape index (κ2) is 8.93. The molecular formula is C22H21ClFNO4S. The van der Waals surface area contributed by atoms with Crippen molar-refractivity contribution < 1.29 is 22.3 Å². The lowest BCUT2D eigenvalue weighted by Crippen LogP contribution is -2.34. The molecule has 0 heterocycles. The molecule has 0 radical (unpaired) electrons. The molecular weight excluding hydrogens is 429 g/mol. The van der Waals surface area contributed by atoms with Crippen molar-refractivity contribution in [3.05, 3.63) is 83.1 Å². The Morgan fingerprint density at radius 2 is 1.57 bits per heavy atom. The molecule has 0 N–H and O–H groups in total. The topological polar surface area (TPSA) is 55.8 Å². The number of benzene rings is 3. The van der Waals surface area contributed by atoms with E-state index in [1.807, 2.05) is 0 Å². The molecule has 5 nitrogen and oxygen atoms in total. The summed E-state index contributed by atoms with van der Waals surface area (Å²) in [5.74, 6) is 0.303. The Bertz CT molecular complexity index is 1140. The van der Waals surface area contributed by atoms with Crippen LogP contribution in [0.4, 0.5) is 10.1 Å². The van der Waals surface area contributed by atoms with Crippen LogP contribution >= 0.6 is 11.6 Å². The fraction of sp³-hybridized carbons (Fsp3) is 0.182. The zero-order chi connectivity index (χ0) is 21.9. The first kappa shape index (κ1) is 21.9. The van der Waals surface area contributed by atoms with Gasteiger partial charge in [-0.2, -0.15) is 0 Å². The van der Waals surface area contributed by atoms with Gasteiger partial charge in [0.05, 0.1) is 30.8 Å². The summed E-state index contributed by atoms with van der Waals surface area (Å²) in [6.07, 6.45) is 0. The van der Waals surface area contributed by atoms with Crippen LogP contribution in [0.25, 0.3) is 0 Å². The zero-order valence-electron chi connectivity index (χ0n) is 16.7. The van der Waals surface area contributed by atoms with Crippen LogP contribution in [0.2, 0.25) is 5.02 Å². The molecule has 0 spiro atoms. The summed E-state index contributed by atoms with van der Waals surface area (Å²) >= 11 is 5.92. The first-order valence-electron chi connectivity index (χ1n) is 9.06. The van der Waals surface area contributed by atoms with Crippen molar-refractivity contribution in [3.63, 3.8) is 0 Å². The zero-order valence-corrected chi connectivity index (χ0v) is 18.2. The van der Waals surface area contributed by atoms with Crippen LogP contribution in [0.15, 0.2) is 71.6 Å². The van der Waals surface area contributed by atoms with Crippen LogP contribution in [-0.4, -0.2) is 22.6 Å². The van der Waals surface area contributed by atoms with Crippen LogP contribution < -0.4 is 13.8 Å². The summed E-state index contributed by atoms with van der Waals surface area (Å²) in [5, 5.41) is 0.411. The SMILES string of the molecule is COc1ccc(N(C(C)c2ccccc2F)S(=O)(=O)c2ccc(Cl)cc2)cc1OC. The van der Waals surface area contributed by atoms with Crippen molar-refractivity contribution in [3.8, 4) is 11.5 Å². The second-order valence-corrected chi connectivity index (χ2v) is 8.74. The normalized spacial score (nSPS) is 12.3. The number of ether oxygens (including phenoxy) is 2. The van der Waals surface area contributed by atoms with Gasteiger partial charge in [-0.1, -0.05) is 29.8 Å². The van der Waals surface area contributed by atoms with E-state index < -0.39 is 21.9 Å². The van der Waals surface area contributed by atoms with Gasteiger partial charge in [0.2, 0.25) is 0 Å². The number of hydrogen-bond acceptors (Lipinski definition) is 4. The fourth-order valence-corrected chi connectivity index (χ4v) is 4.95. The molecule has 0 aliphatic carbocycles. The van der Waals surface area contributed by atoms with E-state index in [2.05, 4.69) is 0 Å². The number of nitrogens with zero attached hydrogens (tertiary/aromatic N) is 1. The molecule has 0 aliphatic heterocycles. The molecule has 3 aromatic rings. The number of sulfonamides is 1. The Kier molecular flexibility index (Phi) is 6.53. The molecule has 3 rings (SSSR count). The lowest BCUT2D eigenvalue weighted by atomic mass is 10.1. The summed E-state index contributed by atoms with van der Waals surface area (Å²) in [6, 6.07) is 15.8. The predicted molar refractivity (Wildman–Crippen MR) is 115 cm³/mol. The number of halogens is 2. The van der Waals surface area contributed by atoms with Crippen LogP contribution in [0.5, 0.6) is 11.5 Å². The van der Waals surface area contributed by atoms with E-state index in [0.29, 0.717) is 22.2 Å². The standard InChI is InChI=1S/C22H21ClFNO4S/c1-15(19-6-4-5-7-20(19)24)25(17-10-13-21(28-2)22(14-17)29-3)30(26,27)18-11-8-16(23)9-12-18/h4-15H,1-3H3. The molecule has 3 aromatic carbocycles. The molecule has 158 valence electrons. The average Bonchev–Trinajstić information content (AvgIpc) is 2.74. The quantitative estimate of drug-likeness (QED) is 0.481. The second-order valence-electron chi connectivity index (χ2n) is 6.49. The molecule has 8 heteroatoms. The highest BCUT2D eigenvalue weighted by Gasteiger charge is 2.32. The summed E-state index contributed by atoms with van der Waals surface area (Å²) in [7, 11) is -1.12. The maximum Gasteiger partial charge on any atom is 0.264 e. The van der Waals surface area contributed by atoms with Gasteiger partial charge >= 0.3 is 0 Å². The van der Waals surface area contributed by atoms with Gasteiger partial charge in [0.1, 0.15) is 5.82 Å². The van der Waals surface area contributed by atoms with Crippen molar-refractivity contribution >= 4 is 27.3 Å². The Labute approximate surface area is 180 Å². The van der Waals surface area contributed by atoms with E-state index in [9.17, 15) is 12.8 Å². The lowest BCUT2D eigenvalue weighted by molar-refractivity contribution is 0.355. The van der Waals surface area contributed by atoms with E-state index in [0.717, 1.165) is 4.31 Å². The Balaban J connectivity index is 2.21. The molecule has 0 amide bonds. The summed E-state index contributed by atoms with van der Waals surface area (Å²) < 4.78 is 53.5. The summed E-state index contributed by atoms with van der Waals surface area (Å²) in [4.78, 5) is 0.0323. The van der Waals surface area contributed by atoms with Crippen molar-refractivity contribution in [1.82, 2.24) is 0 Å². The monoisotopic (exact) mass is 449 g/mol. The van der Waals surface area contributed by atoms with Crippen LogP contribution in [0.3, 0.4) is 0 Å². The first-order chi connectivity index (χ1) is 14.3. The fourth-order valence-electron chi connectivity index (χ4n) is 3.19. The third-order valence-corrected chi connectivity index (χ3v) is 6.86. The highest BCUT2D eigenvalue weighted by atomic mass is 35.5. The molecule has 0 saturated heterocycles. The van der Waals surface area contributed by atoms with E-state index in [-0.39, 0.29) is 10.5 Å².